The number of aryl methyl sites for hydroxylation is 2. The Kier molecular flexibility index (Phi) is 9.19. The van der Waals surface area contributed by atoms with Crippen LogP contribution in [-0.2, 0) is 17.7 Å². The Balaban J connectivity index is 1.22. The molecule has 5 rings (SSSR count). The SMILES string of the molecule is CCC(C)(C)NC1CCC(OC(=O)Nc2cc(CCCn3nnc4cc(C#N)ccc43)ccc2-c2ccccc2)CC1. The number of carbonyl (C=O) groups excluding carboxylic acids is 1. The number of nitriles is 1. The highest BCUT2D eigenvalue weighted by Gasteiger charge is 2.27. The van der Waals surface area contributed by atoms with Gasteiger partial charge in [-0.3, -0.25) is 5.32 Å². The molecule has 42 heavy (non-hydrogen) atoms. The maximum atomic E-state index is 13.1. The molecule has 1 heterocycles. The Morgan fingerprint density at radius 1 is 1.07 bits per heavy atom. The smallest absolute Gasteiger partial charge is 0.411 e. The standard InChI is InChI=1S/C34H40N6O2/c1-4-34(2,3)37-27-14-16-28(17-15-27)42-33(41)36-30-21-24(12-18-29(30)26-10-6-5-7-11-26)9-8-20-40-32-19-13-25(23-35)22-31(32)38-39-40/h5-7,10-13,18-19,21-22,27-28,37H,4,8-9,14-17,20H2,1-3H3,(H,36,41). The molecule has 1 fully saturated rings. The minimum absolute atomic E-state index is 0.0714. The first kappa shape index (κ1) is 29.3. The van der Waals surface area contributed by atoms with Crippen LogP contribution < -0.4 is 10.6 Å². The second-order valence-electron chi connectivity index (χ2n) is 11.9. The summed E-state index contributed by atoms with van der Waals surface area (Å²) >= 11 is 0. The molecule has 1 saturated carbocycles. The van der Waals surface area contributed by atoms with E-state index in [1.165, 1.54) is 0 Å². The Morgan fingerprint density at radius 2 is 1.86 bits per heavy atom. The van der Waals surface area contributed by atoms with Crippen molar-refractivity contribution in [2.24, 2.45) is 0 Å². The maximum Gasteiger partial charge on any atom is 0.411 e. The van der Waals surface area contributed by atoms with Crippen LogP contribution in [0.4, 0.5) is 10.5 Å². The van der Waals surface area contributed by atoms with E-state index in [1.54, 1.807) is 12.1 Å². The summed E-state index contributed by atoms with van der Waals surface area (Å²) in [4.78, 5) is 13.1. The zero-order valence-electron chi connectivity index (χ0n) is 24.8. The minimum atomic E-state index is -0.402. The number of benzene rings is 3. The largest absolute Gasteiger partial charge is 0.446 e. The van der Waals surface area contributed by atoms with Gasteiger partial charge >= 0.3 is 6.09 Å². The van der Waals surface area contributed by atoms with E-state index in [0.717, 1.165) is 78.4 Å². The average molecular weight is 565 g/mol. The second kappa shape index (κ2) is 13.2. The number of anilines is 1. The van der Waals surface area contributed by atoms with Gasteiger partial charge in [-0.2, -0.15) is 5.26 Å². The molecule has 0 bridgehead atoms. The van der Waals surface area contributed by atoms with E-state index in [9.17, 15) is 4.79 Å². The first-order chi connectivity index (χ1) is 20.3. The summed E-state index contributed by atoms with van der Waals surface area (Å²) in [6.07, 6.45) is 6.01. The quantitative estimate of drug-likeness (QED) is 0.210. The van der Waals surface area contributed by atoms with Crippen LogP contribution in [0.25, 0.3) is 22.2 Å². The minimum Gasteiger partial charge on any atom is -0.446 e. The molecule has 0 spiro atoms. The fourth-order valence-corrected chi connectivity index (χ4v) is 5.63. The third-order valence-corrected chi connectivity index (χ3v) is 8.31. The molecule has 3 aromatic carbocycles. The zero-order valence-corrected chi connectivity index (χ0v) is 24.8. The fourth-order valence-electron chi connectivity index (χ4n) is 5.63. The Bertz CT molecular complexity index is 1550. The van der Waals surface area contributed by atoms with Gasteiger partial charge in [-0.1, -0.05) is 54.6 Å². The number of carbonyl (C=O) groups is 1. The average Bonchev–Trinajstić information content (AvgIpc) is 3.40. The lowest BCUT2D eigenvalue weighted by Gasteiger charge is -2.35. The van der Waals surface area contributed by atoms with Crippen molar-refractivity contribution >= 4 is 22.8 Å². The molecule has 4 aromatic rings. The number of fused-ring (bicyclic) bond motifs is 1. The maximum absolute atomic E-state index is 13.1. The molecular formula is C34H40N6O2. The molecule has 0 atom stereocenters. The van der Waals surface area contributed by atoms with Gasteiger partial charge in [0, 0.05) is 23.7 Å². The number of hydrogen-bond donors (Lipinski definition) is 2. The molecule has 8 heteroatoms. The molecule has 218 valence electrons. The van der Waals surface area contributed by atoms with Gasteiger partial charge in [-0.05, 0) is 94.2 Å². The van der Waals surface area contributed by atoms with Crippen LogP contribution in [0.2, 0.25) is 0 Å². The molecule has 0 unspecified atom stereocenters. The Morgan fingerprint density at radius 3 is 2.60 bits per heavy atom. The first-order valence-electron chi connectivity index (χ1n) is 15.0. The van der Waals surface area contributed by atoms with Crippen LogP contribution >= 0.6 is 0 Å². The van der Waals surface area contributed by atoms with Crippen molar-refractivity contribution in [3.05, 3.63) is 77.9 Å². The second-order valence-corrected chi connectivity index (χ2v) is 11.9. The van der Waals surface area contributed by atoms with Crippen LogP contribution in [0, 0.1) is 11.3 Å². The van der Waals surface area contributed by atoms with E-state index in [2.05, 4.69) is 66.0 Å². The molecule has 1 aliphatic rings. The lowest BCUT2D eigenvalue weighted by molar-refractivity contribution is 0.0755. The highest BCUT2D eigenvalue weighted by atomic mass is 16.6. The van der Waals surface area contributed by atoms with E-state index < -0.39 is 6.09 Å². The van der Waals surface area contributed by atoms with Crippen molar-refractivity contribution in [3.8, 4) is 17.2 Å². The monoisotopic (exact) mass is 564 g/mol. The number of aromatic nitrogens is 3. The number of nitrogens with zero attached hydrogens (tertiary/aromatic N) is 4. The third-order valence-electron chi connectivity index (χ3n) is 8.31. The summed E-state index contributed by atoms with van der Waals surface area (Å²) in [5.74, 6) is 0. The van der Waals surface area contributed by atoms with Crippen molar-refractivity contribution in [2.75, 3.05) is 5.32 Å². The van der Waals surface area contributed by atoms with Crippen molar-refractivity contribution < 1.29 is 9.53 Å². The number of amides is 1. The topological polar surface area (TPSA) is 105 Å². The summed E-state index contributed by atoms with van der Waals surface area (Å²) in [6.45, 7) is 7.38. The lowest BCUT2D eigenvalue weighted by Crippen LogP contribution is -2.47. The van der Waals surface area contributed by atoms with E-state index in [-0.39, 0.29) is 11.6 Å². The predicted octanol–water partition coefficient (Wildman–Crippen LogP) is 7.24. The summed E-state index contributed by atoms with van der Waals surface area (Å²) in [5, 5.41) is 24.4. The summed E-state index contributed by atoms with van der Waals surface area (Å²) < 4.78 is 7.78. The zero-order chi connectivity index (χ0) is 29.5. The van der Waals surface area contributed by atoms with Crippen LogP contribution in [-0.4, -0.2) is 38.8 Å². The van der Waals surface area contributed by atoms with Gasteiger partial charge < -0.3 is 10.1 Å². The molecule has 1 amide bonds. The molecule has 0 saturated heterocycles. The number of nitrogens with one attached hydrogen (secondary N) is 2. The summed E-state index contributed by atoms with van der Waals surface area (Å²) in [7, 11) is 0. The molecule has 0 radical (unpaired) electrons. The van der Waals surface area contributed by atoms with E-state index in [4.69, 9.17) is 10.00 Å². The predicted molar refractivity (Wildman–Crippen MR) is 166 cm³/mol. The molecule has 0 aliphatic heterocycles. The van der Waals surface area contributed by atoms with Gasteiger partial charge in [0.1, 0.15) is 11.6 Å². The van der Waals surface area contributed by atoms with Crippen molar-refractivity contribution in [2.45, 2.75) is 89.9 Å². The van der Waals surface area contributed by atoms with Crippen molar-refractivity contribution in [3.63, 3.8) is 0 Å². The third kappa shape index (κ3) is 7.34. The first-order valence-corrected chi connectivity index (χ1v) is 15.0. The van der Waals surface area contributed by atoms with Gasteiger partial charge in [0.25, 0.3) is 0 Å². The van der Waals surface area contributed by atoms with E-state index in [0.29, 0.717) is 18.2 Å². The lowest BCUT2D eigenvalue weighted by atomic mass is 9.90. The van der Waals surface area contributed by atoms with Crippen LogP contribution in [0.1, 0.15) is 70.4 Å². The van der Waals surface area contributed by atoms with Gasteiger partial charge in [0.15, 0.2) is 0 Å². The summed E-state index contributed by atoms with van der Waals surface area (Å²) in [5.41, 5.74) is 6.20. The van der Waals surface area contributed by atoms with Gasteiger partial charge in [-0.15, -0.1) is 5.10 Å². The van der Waals surface area contributed by atoms with E-state index in [1.807, 2.05) is 41.1 Å². The molecule has 8 nitrogen and oxygen atoms in total. The Hall–Kier alpha value is -4.22. The fraction of sp³-hybridized carbons (Fsp3) is 0.412. The summed E-state index contributed by atoms with van der Waals surface area (Å²) in [6, 6.07) is 24.4. The van der Waals surface area contributed by atoms with E-state index >= 15 is 0 Å². The normalized spacial score (nSPS) is 17.1. The van der Waals surface area contributed by atoms with Crippen LogP contribution in [0.3, 0.4) is 0 Å². The van der Waals surface area contributed by atoms with Crippen LogP contribution in [0.5, 0.6) is 0 Å². The molecular weight excluding hydrogens is 524 g/mol. The number of rotatable bonds is 10. The van der Waals surface area contributed by atoms with Gasteiger partial charge in [-0.25, -0.2) is 9.48 Å². The number of hydrogen-bond acceptors (Lipinski definition) is 6. The highest BCUT2D eigenvalue weighted by Crippen LogP contribution is 2.31. The van der Waals surface area contributed by atoms with Crippen LogP contribution in [0.15, 0.2) is 66.7 Å². The molecule has 2 N–H and O–H groups in total. The molecule has 1 aliphatic carbocycles. The van der Waals surface area contributed by atoms with Gasteiger partial charge in [0.05, 0.1) is 22.8 Å². The Labute approximate surface area is 248 Å². The highest BCUT2D eigenvalue weighted by molar-refractivity contribution is 5.91. The van der Waals surface area contributed by atoms with Gasteiger partial charge in [0.2, 0.25) is 0 Å². The van der Waals surface area contributed by atoms with Crippen molar-refractivity contribution in [1.29, 1.82) is 5.26 Å². The van der Waals surface area contributed by atoms with Crippen molar-refractivity contribution in [1.82, 2.24) is 20.3 Å². The number of ether oxygens (including phenoxy) is 1. The molecule has 1 aromatic heterocycles.